The number of halogens is 1. The van der Waals surface area contributed by atoms with E-state index in [1.807, 2.05) is 0 Å². The summed E-state index contributed by atoms with van der Waals surface area (Å²) in [6.07, 6.45) is 1.09. The van der Waals surface area contributed by atoms with Crippen LogP contribution in [0.15, 0.2) is 22.9 Å². The van der Waals surface area contributed by atoms with Crippen molar-refractivity contribution in [2.45, 2.75) is 13.0 Å². The van der Waals surface area contributed by atoms with Crippen LogP contribution in [0.25, 0.3) is 11.6 Å². The van der Waals surface area contributed by atoms with Gasteiger partial charge in [-0.05, 0) is 19.1 Å². The van der Waals surface area contributed by atoms with Gasteiger partial charge in [0.15, 0.2) is 5.82 Å². The SMILES string of the molecule is CC(N)c1noc(-c2ccc(F)cn2)n1. The van der Waals surface area contributed by atoms with Crippen molar-refractivity contribution in [3.63, 3.8) is 0 Å². The fourth-order valence-corrected chi connectivity index (χ4v) is 1.03. The molecule has 0 aliphatic carbocycles. The van der Waals surface area contributed by atoms with Crippen molar-refractivity contribution in [2.24, 2.45) is 5.73 Å². The van der Waals surface area contributed by atoms with Crippen molar-refractivity contribution >= 4 is 0 Å². The van der Waals surface area contributed by atoms with Crippen molar-refractivity contribution in [1.82, 2.24) is 15.1 Å². The minimum absolute atomic E-state index is 0.238. The summed E-state index contributed by atoms with van der Waals surface area (Å²) in [7, 11) is 0. The number of nitrogens with zero attached hydrogens (tertiary/aromatic N) is 3. The Morgan fingerprint density at radius 1 is 1.47 bits per heavy atom. The molecular formula is C9H9FN4O. The van der Waals surface area contributed by atoms with E-state index < -0.39 is 5.82 Å². The highest BCUT2D eigenvalue weighted by Gasteiger charge is 2.12. The molecule has 2 N–H and O–H groups in total. The fourth-order valence-electron chi connectivity index (χ4n) is 1.03. The molecule has 15 heavy (non-hydrogen) atoms. The smallest absolute Gasteiger partial charge is 0.276 e. The molecule has 0 amide bonds. The minimum Gasteiger partial charge on any atom is -0.332 e. The molecule has 0 saturated carbocycles. The second kappa shape index (κ2) is 3.74. The highest BCUT2D eigenvalue weighted by molar-refractivity contribution is 5.45. The molecule has 2 heterocycles. The standard InChI is InChI=1S/C9H9FN4O/c1-5(11)8-13-9(15-14-8)7-3-2-6(10)4-12-7/h2-5H,11H2,1H3. The lowest BCUT2D eigenvalue weighted by atomic mass is 10.3. The zero-order valence-electron chi connectivity index (χ0n) is 8.01. The van der Waals surface area contributed by atoms with E-state index in [2.05, 4.69) is 15.1 Å². The predicted octanol–water partition coefficient (Wildman–Crippen LogP) is 1.29. The Morgan fingerprint density at radius 3 is 2.80 bits per heavy atom. The molecule has 2 aromatic heterocycles. The van der Waals surface area contributed by atoms with Crippen LogP contribution in [0.3, 0.4) is 0 Å². The second-order valence-corrected chi connectivity index (χ2v) is 3.11. The van der Waals surface area contributed by atoms with Crippen LogP contribution in [-0.4, -0.2) is 15.1 Å². The Hall–Kier alpha value is -1.82. The number of hydrogen-bond acceptors (Lipinski definition) is 5. The quantitative estimate of drug-likeness (QED) is 0.804. The first-order chi connectivity index (χ1) is 7.16. The monoisotopic (exact) mass is 208 g/mol. The summed E-state index contributed by atoms with van der Waals surface area (Å²) in [4.78, 5) is 7.83. The summed E-state index contributed by atoms with van der Waals surface area (Å²) in [5, 5.41) is 3.67. The lowest BCUT2D eigenvalue weighted by molar-refractivity contribution is 0.417. The van der Waals surface area contributed by atoms with Crippen molar-refractivity contribution in [3.05, 3.63) is 30.0 Å². The third kappa shape index (κ3) is 1.99. The van der Waals surface area contributed by atoms with Gasteiger partial charge in [0.05, 0.1) is 12.2 Å². The average Bonchev–Trinajstić information content (AvgIpc) is 2.68. The molecule has 0 spiro atoms. The van der Waals surface area contributed by atoms with Gasteiger partial charge in [0.2, 0.25) is 0 Å². The van der Waals surface area contributed by atoms with E-state index in [4.69, 9.17) is 10.3 Å². The topological polar surface area (TPSA) is 77.8 Å². The highest BCUT2D eigenvalue weighted by atomic mass is 19.1. The summed E-state index contributed by atoms with van der Waals surface area (Å²) in [6, 6.07) is 2.44. The summed E-state index contributed by atoms with van der Waals surface area (Å²) in [5.74, 6) is 0.226. The number of nitrogens with two attached hydrogens (primary N) is 1. The molecule has 0 aromatic carbocycles. The van der Waals surface area contributed by atoms with Crippen LogP contribution in [0.1, 0.15) is 18.8 Å². The normalized spacial score (nSPS) is 12.7. The lowest BCUT2D eigenvalue weighted by Crippen LogP contribution is -2.06. The maximum atomic E-state index is 12.6. The third-order valence-electron chi connectivity index (χ3n) is 1.80. The Morgan fingerprint density at radius 2 is 2.27 bits per heavy atom. The van der Waals surface area contributed by atoms with Crippen LogP contribution in [0.5, 0.6) is 0 Å². The van der Waals surface area contributed by atoms with E-state index in [1.165, 1.54) is 12.1 Å². The van der Waals surface area contributed by atoms with Gasteiger partial charge in [-0.2, -0.15) is 4.98 Å². The number of pyridine rings is 1. The van der Waals surface area contributed by atoms with E-state index in [9.17, 15) is 4.39 Å². The minimum atomic E-state index is -0.411. The fraction of sp³-hybridized carbons (Fsp3) is 0.222. The molecule has 0 bridgehead atoms. The third-order valence-corrected chi connectivity index (χ3v) is 1.80. The van der Waals surface area contributed by atoms with Crippen LogP contribution in [-0.2, 0) is 0 Å². The zero-order valence-corrected chi connectivity index (χ0v) is 8.01. The van der Waals surface area contributed by atoms with Gasteiger partial charge in [-0.25, -0.2) is 9.37 Å². The van der Waals surface area contributed by atoms with Gasteiger partial charge in [0.25, 0.3) is 5.89 Å². The molecule has 0 aliphatic rings. The van der Waals surface area contributed by atoms with Crippen molar-refractivity contribution in [2.75, 3.05) is 0 Å². The van der Waals surface area contributed by atoms with E-state index in [0.29, 0.717) is 11.5 Å². The molecule has 5 nitrogen and oxygen atoms in total. The molecule has 6 heteroatoms. The second-order valence-electron chi connectivity index (χ2n) is 3.11. The molecule has 0 radical (unpaired) electrons. The first-order valence-corrected chi connectivity index (χ1v) is 4.38. The first kappa shape index (κ1) is 9.72. The van der Waals surface area contributed by atoms with Crippen molar-refractivity contribution in [1.29, 1.82) is 0 Å². The summed E-state index contributed by atoms with van der Waals surface area (Å²) < 4.78 is 17.5. The van der Waals surface area contributed by atoms with Gasteiger partial charge in [-0.1, -0.05) is 5.16 Å². The van der Waals surface area contributed by atoms with E-state index in [1.54, 1.807) is 6.92 Å². The van der Waals surface area contributed by atoms with Gasteiger partial charge in [-0.3, -0.25) is 0 Å². The maximum absolute atomic E-state index is 12.6. The largest absolute Gasteiger partial charge is 0.332 e. The van der Waals surface area contributed by atoms with Crippen molar-refractivity contribution < 1.29 is 8.91 Å². The Labute approximate surface area is 85.1 Å². The summed E-state index contributed by atoms with van der Waals surface area (Å²) >= 11 is 0. The van der Waals surface area contributed by atoms with Crippen LogP contribution >= 0.6 is 0 Å². The number of aromatic nitrogens is 3. The average molecular weight is 208 g/mol. The van der Waals surface area contributed by atoms with E-state index in [0.717, 1.165) is 6.20 Å². The van der Waals surface area contributed by atoms with Crippen LogP contribution < -0.4 is 5.73 Å². The molecule has 78 valence electrons. The Kier molecular flexibility index (Phi) is 2.42. The summed E-state index contributed by atoms with van der Waals surface area (Å²) in [5.41, 5.74) is 5.99. The number of rotatable bonds is 2. The molecule has 2 rings (SSSR count). The van der Waals surface area contributed by atoms with Crippen LogP contribution in [0.4, 0.5) is 4.39 Å². The van der Waals surface area contributed by atoms with Gasteiger partial charge >= 0.3 is 0 Å². The first-order valence-electron chi connectivity index (χ1n) is 4.38. The number of hydrogen-bond donors (Lipinski definition) is 1. The van der Waals surface area contributed by atoms with E-state index >= 15 is 0 Å². The molecule has 1 atom stereocenters. The predicted molar refractivity (Wildman–Crippen MR) is 50.1 cm³/mol. The maximum Gasteiger partial charge on any atom is 0.276 e. The van der Waals surface area contributed by atoms with Crippen LogP contribution in [0, 0.1) is 5.82 Å². The summed E-state index contributed by atoms with van der Waals surface area (Å²) in [6.45, 7) is 1.74. The van der Waals surface area contributed by atoms with Gasteiger partial charge in [0, 0.05) is 0 Å². The van der Waals surface area contributed by atoms with Gasteiger partial charge in [0.1, 0.15) is 11.5 Å². The Balaban J connectivity index is 2.33. The van der Waals surface area contributed by atoms with E-state index in [-0.39, 0.29) is 11.9 Å². The molecule has 0 fully saturated rings. The van der Waals surface area contributed by atoms with Crippen molar-refractivity contribution in [3.8, 4) is 11.6 Å². The molecule has 0 aliphatic heterocycles. The highest BCUT2D eigenvalue weighted by Crippen LogP contribution is 2.16. The lowest BCUT2D eigenvalue weighted by Gasteiger charge is -1.93. The molecule has 0 saturated heterocycles. The van der Waals surface area contributed by atoms with Crippen LogP contribution in [0.2, 0.25) is 0 Å². The Bertz CT molecular complexity index is 451. The zero-order chi connectivity index (χ0) is 10.8. The molecule has 2 aromatic rings. The molecule has 1 unspecified atom stereocenters. The van der Waals surface area contributed by atoms with Gasteiger partial charge < -0.3 is 10.3 Å². The van der Waals surface area contributed by atoms with Gasteiger partial charge in [-0.15, -0.1) is 0 Å². The molecular weight excluding hydrogens is 199 g/mol.